The van der Waals surface area contributed by atoms with Gasteiger partial charge in [-0.25, -0.2) is 0 Å². The van der Waals surface area contributed by atoms with Gasteiger partial charge in [0, 0.05) is 17.1 Å². The zero-order valence-electron chi connectivity index (χ0n) is 10.1. The van der Waals surface area contributed by atoms with E-state index in [1.54, 1.807) is 11.3 Å². The van der Waals surface area contributed by atoms with Crippen molar-refractivity contribution < 1.29 is 0 Å². The highest BCUT2D eigenvalue weighted by atomic mass is 79.9. The summed E-state index contributed by atoms with van der Waals surface area (Å²) in [6, 6.07) is 11.2. The molecular weight excluding hydrogens is 374 g/mol. The van der Waals surface area contributed by atoms with Crippen LogP contribution in [0.4, 0.5) is 0 Å². The predicted octanol–water partition coefficient (Wildman–Crippen LogP) is 4.99. The van der Waals surface area contributed by atoms with E-state index in [-0.39, 0.29) is 0 Å². The van der Waals surface area contributed by atoms with Crippen LogP contribution >= 0.6 is 43.2 Å². The fourth-order valence-electron chi connectivity index (χ4n) is 1.78. The predicted molar refractivity (Wildman–Crippen MR) is 86.2 cm³/mol. The van der Waals surface area contributed by atoms with E-state index in [4.69, 9.17) is 0 Å². The number of hydrogen-bond donors (Lipinski definition) is 1. The third-order valence-electron chi connectivity index (χ3n) is 2.73. The average molecular weight is 389 g/mol. The van der Waals surface area contributed by atoms with E-state index in [1.807, 2.05) is 0 Å². The second-order valence-electron chi connectivity index (χ2n) is 4.37. The second-order valence-corrected chi connectivity index (χ2v) is 7.58. The maximum atomic E-state index is 3.55. The van der Waals surface area contributed by atoms with Gasteiger partial charge in [0.2, 0.25) is 0 Å². The minimum Gasteiger partial charge on any atom is -0.310 e. The van der Waals surface area contributed by atoms with Crippen molar-refractivity contribution in [2.75, 3.05) is 0 Å². The maximum absolute atomic E-state index is 3.55. The summed E-state index contributed by atoms with van der Waals surface area (Å²) in [4.78, 5) is 0. The van der Waals surface area contributed by atoms with Gasteiger partial charge in [0.15, 0.2) is 0 Å². The van der Waals surface area contributed by atoms with Gasteiger partial charge in [-0.1, -0.05) is 28.1 Å². The van der Waals surface area contributed by atoms with Crippen LogP contribution in [-0.4, -0.2) is 6.04 Å². The van der Waals surface area contributed by atoms with Gasteiger partial charge in [-0.2, -0.15) is 0 Å². The molecule has 4 heteroatoms. The van der Waals surface area contributed by atoms with E-state index in [0.717, 1.165) is 17.4 Å². The Morgan fingerprint density at radius 2 is 1.89 bits per heavy atom. The summed E-state index contributed by atoms with van der Waals surface area (Å²) in [5, 5.41) is 5.73. The molecule has 0 amide bonds. The Balaban J connectivity index is 1.81. The van der Waals surface area contributed by atoms with Crippen molar-refractivity contribution in [3.63, 3.8) is 0 Å². The van der Waals surface area contributed by atoms with Crippen LogP contribution in [-0.2, 0) is 13.0 Å². The molecule has 0 aliphatic heterocycles. The first-order chi connectivity index (χ1) is 8.63. The summed E-state index contributed by atoms with van der Waals surface area (Å²) in [5.41, 5.74) is 2.71. The quantitative estimate of drug-likeness (QED) is 0.760. The SMILES string of the molecule is CC(Cc1ccc(Br)cc1)NCc1csc(Br)c1. The van der Waals surface area contributed by atoms with Crippen LogP contribution in [0.1, 0.15) is 18.1 Å². The number of rotatable bonds is 5. The fraction of sp³-hybridized carbons (Fsp3) is 0.286. The molecule has 0 aliphatic carbocycles. The highest BCUT2D eigenvalue weighted by molar-refractivity contribution is 9.11. The van der Waals surface area contributed by atoms with E-state index in [1.165, 1.54) is 14.9 Å². The molecule has 0 radical (unpaired) electrons. The minimum absolute atomic E-state index is 0.477. The Morgan fingerprint density at radius 1 is 1.17 bits per heavy atom. The van der Waals surface area contributed by atoms with Crippen LogP contribution in [0, 0.1) is 0 Å². The number of halogens is 2. The van der Waals surface area contributed by atoms with Gasteiger partial charge in [-0.3, -0.25) is 0 Å². The van der Waals surface area contributed by atoms with Crippen molar-refractivity contribution in [1.82, 2.24) is 5.32 Å². The zero-order valence-corrected chi connectivity index (χ0v) is 14.1. The summed E-state index contributed by atoms with van der Waals surface area (Å²) in [6.45, 7) is 3.16. The van der Waals surface area contributed by atoms with E-state index >= 15 is 0 Å². The van der Waals surface area contributed by atoms with Gasteiger partial charge in [-0.15, -0.1) is 11.3 Å². The van der Waals surface area contributed by atoms with Crippen LogP contribution in [0.2, 0.25) is 0 Å². The molecule has 1 aromatic carbocycles. The molecule has 0 fully saturated rings. The van der Waals surface area contributed by atoms with Gasteiger partial charge in [0.25, 0.3) is 0 Å². The Morgan fingerprint density at radius 3 is 2.50 bits per heavy atom. The lowest BCUT2D eigenvalue weighted by atomic mass is 10.1. The standard InChI is InChI=1S/C14H15Br2NS/c1-10(6-11-2-4-13(15)5-3-11)17-8-12-7-14(16)18-9-12/h2-5,7,9-10,17H,6,8H2,1H3. The van der Waals surface area contributed by atoms with E-state index in [2.05, 4.69) is 79.8 Å². The largest absolute Gasteiger partial charge is 0.310 e. The fourth-order valence-corrected chi connectivity index (χ4v) is 3.25. The summed E-state index contributed by atoms with van der Waals surface area (Å²) in [6.07, 6.45) is 1.05. The van der Waals surface area contributed by atoms with E-state index in [9.17, 15) is 0 Å². The maximum Gasteiger partial charge on any atom is 0.0701 e. The molecule has 0 aliphatic rings. The van der Waals surface area contributed by atoms with Crippen LogP contribution in [0.5, 0.6) is 0 Å². The first kappa shape index (κ1) is 14.3. The molecule has 1 nitrogen and oxygen atoms in total. The second kappa shape index (κ2) is 6.85. The van der Waals surface area contributed by atoms with E-state index in [0.29, 0.717) is 6.04 Å². The molecule has 0 bridgehead atoms. The smallest absolute Gasteiger partial charge is 0.0701 e. The number of thiophene rings is 1. The average Bonchev–Trinajstić information content (AvgIpc) is 2.76. The molecule has 2 aromatic rings. The van der Waals surface area contributed by atoms with Gasteiger partial charge < -0.3 is 5.32 Å². The lowest BCUT2D eigenvalue weighted by molar-refractivity contribution is 0.546. The number of hydrogen-bond acceptors (Lipinski definition) is 2. The van der Waals surface area contributed by atoms with Gasteiger partial charge in [0.05, 0.1) is 3.79 Å². The molecule has 0 saturated carbocycles. The number of benzene rings is 1. The molecule has 2 rings (SSSR count). The van der Waals surface area contributed by atoms with Crippen LogP contribution in [0.15, 0.2) is 44.0 Å². The molecule has 18 heavy (non-hydrogen) atoms. The van der Waals surface area contributed by atoms with E-state index < -0.39 is 0 Å². The molecule has 1 aromatic heterocycles. The van der Waals surface area contributed by atoms with Crippen molar-refractivity contribution >= 4 is 43.2 Å². The van der Waals surface area contributed by atoms with Gasteiger partial charge >= 0.3 is 0 Å². The van der Waals surface area contributed by atoms with Crippen LogP contribution in [0.25, 0.3) is 0 Å². The molecule has 0 spiro atoms. The van der Waals surface area contributed by atoms with Gasteiger partial charge in [-0.05, 0) is 64.0 Å². The Labute approximate surface area is 129 Å². The topological polar surface area (TPSA) is 12.0 Å². The summed E-state index contributed by atoms with van der Waals surface area (Å²) in [7, 11) is 0. The van der Waals surface area contributed by atoms with Crippen LogP contribution < -0.4 is 5.32 Å². The third-order valence-corrected chi connectivity index (χ3v) is 4.81. The summed E-state index contributed by atoms with van der Waals surface area (Å²) >= 11 is 8.68. The van der Waals surface area contributed by atoms with Crippen molar-refractivity contribution in [3.8, 4) is 0 Å². The Bertz CT molecular complexity index is 493. The monoisotopic (exact) mass is 387 g/mol. The highest BCUT2D eigenvalue weighted by Gasteiger charge is 2.04. The molecule has 1 N–H and O–H groups in total. The first-order valence-corrected chi connectivity index (χ1v) is 8.31. The van der Waals surface area contributed by atoms with Crippen molar-refractivity contribution in [3.05, 3.63) is 55.1 Å². The Kier molecular flexibility index (Phi) is 5.42. The molecule has 1 atom stereocenters. The lowest BCUT2D eigenvalue weighted by Gasteiger charge is -2.13. The highest BCUT2D eigenvalue weighted by Crippen LogP contribution is 2.20. The van der Waals surface area contributed by atoms with Crippen molar-refractivity contribution in [2.45, 2.75) is 25.9 Å². The lowest BCUT2D eigenvalue weighted by Crippen LogP contribution is -2.27. The summed E-state index contributed by atoms with van der Waals surface area (Å²) in [5.74, 6) is 0. The molecule has 96 valence electrons. The van der Waals surface area contributed by atoms with Gasteiger partial charge in [0.1, 0.15) is 0 Å². The molecule has 1 unspecified atom stereocenters. The number of nitrogens with one attached hydrogen (secondary N) is 1. The zero-order chi connectivity index (χ0) is 13.0. The molecule has 0 saturated heterocycles. The van der Waals surface area contributed by atoms with Crippen LogP contribution in [0.3, 0.4) is 0 Å². The first-order valence-electron chi connectivity index (χ1n) is 5.84. The summed E-state index contributed by atoms with van der Waals surface area (Å²) < 4.78 is 2.33. The normalized spacial score (nSPS) is 12.6. The molecular formula is C14H15Br2NS. The van der Waals surface area contributed by atoms with Crippen molar-refractivity contribution in [2.24, 2.45) is 0 Å². The minimum atomic E-state index is 0.477. The van der Waals surface area contributed by atoms with Crippen molar-refractivity contribution in [1.29, 1.82) is 0 Å². The third kappa shape index (κ3) is 4.50. The Hall–Kier alpha value is -0.160. The molecule has 1 heterocycles.